The van der Waals surface area contributed by atoms with E-state index < -0.39 is 5.24 Å². The summed E-state index contributed by atoms with van der Waals surface area (Å²) in [6.07, 6.45) is 0. The molecule has 0 unspecified atom stereocenters. The van der Waals surface area contributed by atoms with Crippen LogP contribution in [-0.2, 0) is 0 Å². The highest BCUT2D eigenvalue weighted by Crippen LogP contribution is 2.26. The van der Waals surface area contributed by atoms with Gasteiger partial charge in [-0.3, -0.25) is 4.79 Å². The van der Waals surface area contributed by atoms with E-state index in [1.807, 2.05) is 41.8 Å². The fourth-order valence-electron chi connectivity index (χ4n) is 1.99. The van der Waals surface area contributed by atoms with Crippen LogP contribution in [0.5, 0.6) is 5.75 Å². The number of aromatic nitrogens is 2. The number of methoxy groups -OCH3 is 1. The third-order valence-electron chi connectivity index (χ3n) is 3.00. The van der Waals surface area contributed by atoms with E-state index in [2.05, 4.69) is 5.10 Å². The van der Waals surface area contributed by atoms with E-state index in [9.17, 15) is 4.79 Å². The molecule has 0 atom stereocenters. The van der Waals surface area contributed by atoms with Crippen molar-refractivity contribution in [1.29, 1.82) is 0 Å². The molecule has 0 aliphatic heterocycles. The average molecular weight is 319 g/mol. The van der Waals surface area contributed by atoms with Gasteiger partial charge in [-0.25, -0.2) is 4.68 Å². The highest BCUT2D eigenvalue weighted by molar-refractivity contribution is 7.13. The summed E-state index contributed by atoms with van der Waals surface area (Å²) in [5.41, 5.74) is 1.82. The third kappa shape index (κ3) is 2.70. The van der Waals surface area contributed by atoms with Crippen molar-refractivity contribution in [1.82, 2.24) is 9.78 Å². The van der Waals surface area contributed by atoms with Crippen LogP contribution >= 0.6 is 22.9 Å². The largest absolute Gasteiger partial charge is 0.497 e. The minimum Gasteiger partial charge on any atom is -0.497 e. The smallest absolute Gasteiger partial charge is 0.270 e. The van der Waals surface area contributed by atoms with Gasteiger partial charge in [0.15, 0.2) is 0 Å². The zero-order valence-corrected chi connectivity index (χ0v) is 12.7. The molecule has 0 fully saturated rings. The van der Waals surface area contributed by atoms with Crippen LogP contribution in [0.25, 0.3) is 16.3 Å². The van der Waals surface area contributed by atoms with Crippen molar-refractivity contribution in [3.8, 4) is 22.0 Å². The lowest BCUT2D eigenvalue weighted by Gasteiger charge is -2.05. The second-order valence-corrected chi connectivity index (χ2v) is 5.57. The minimum atomic E-state index is -0.541. The van der Waals surface area contributed by atoms with Crippen LogP contribution in [-0.4, -0.2) is 22.1 Å². The number of carbonyl (C=O) groups excluding carboxylic acids is 1. The highest BCUT2D eigenvalue weighted by Gasteiger charge is 2.16. The maximum absolute atomic E-state index is 11.6. The Balaban J connectivity index is 2.09. The van der Waals surface area contributed by atoms with Gasteiger partial charge in [0.1, 0.15) is 17.1 Å². The van der Waals surface area contributed by atoms with Crippen molar-refractivity contribution >= 4 is 28.2 Å². The quantitative estimate of drug-likeness (QED) is 0.683. The zero-order chi connectivity index (χ0) is 14.8. The molecule has 1 aromatic carbocycles. The van der Waals surface area contributed by atoms with Gasteiger partial charge in [0, 0.05) is 0 Å². The molecular weight excluding hydrogens is 308 g/mol. The highest BCUT2D eigenvalue weighted by atomic mass is 35.5. The predicted molar refractivity (Wildman–Crippen MR) is 83.6 cm³/mol. The summed E-state index contributed by atoms with van der Waals surface area (Å²) in [6, 6.07) is 12.9. The van der Waals surface area contributed by atoms with E-state index in [1.165, 1.54) is 0 Å². The lowest BCUT2D eigenvalue weighted by Crippen LogP contribution is -2.04. The molecule has 2 aromatic heterocycles. The van der Waals surface area contributed by atoms with Crippen LogP contribution in [0.15, 0.2) is 47.8 Å². The van der Waals surface area contributed by atoms with Gasteiger partial charge in [0.25, 0.3) is 5.24 Å². The molecule has 3 aromatic rings. The molecule has 3 rings (SSSR count). The Morgan fingerprint density at radius 1 is 1.29 bits per heavy atom. The van der Waals surface area contributed by atoms with E-state index in [0.717, 1.165) is 22.0 Å². The van der Waals surface area contributed by atoms with E-state index in [4.69, 9.17) is 16.3 Å². The number of nitrogens with zero attached hydrogens (tertiary/aromatic N) is 2. The molecule has 21 heavy (non-hydrogen) atoms. The summed E-state index contributed by atoms with van der Waals surface area (Å²) in [5.74, 6) is 0.739. The molecule has 2 heterocycles. The Morgan fingerprint density at radius 2 is 2.05 bits per heavy atom. The third-order valence-corrected chi connectivity index (χ3v) is 4.09. The van der Waals surface area contributed by atoms with Gasteiger partial charge in [-0.2, -0.15) is 5.10 Å². The Kier molecular flexibility index (Phi) is 3.77. The lowest BCUT2D eigenvalue weighted by atomic mass is 10.3. The summed E-state index contributed by atoms with van der Waals surface area (Å²) in [4.78, 5) is 12.6. The number of ether oxygens (including phenoxy) is 1. The normalized spacial score (nSPS) is 10.6. The number of hydrogen-bond acceptors (Lipinski definition) is 4. The maximum atomic E-state index is 11.6. The number of benzene rings is 1. The molecule has 0 bridgehead atoms. The first-order valence-corrected chi connectivity index (χ1v) is 7.43. The molecule has 0 saturated heterocycles. The van der Waals surface area contributed by atoms with Gasteiger partial charge in [0.2, 0.25) is 0 Å². The van der Waals surface area contributed by atoms with Crippen molar-refractivity contribution in [2.45, 2.75) is 0 Å². The first-order valence-electron chi connectivity index (χ1n) is 6.17. The Bertz CT molecular complexity index is 764. The summed E-state index contributed by atoms with van der Waals surface area (Å²) >= 11 is 7.23. The van der Waals surface area contributed by atoms with Gasteiger partial charge in [-0.15, -0.1) is 11.3 Å². The number of halogens is 1. The summed E-state index contributed by atoms with van der Waals surface area (Å²) in [7, 11) is 1.60. The molecule has 0 aliphatic carbocycles. The van der Waals surface area contributed by atoms with Crippen molar-refractivity contribution in [2.75, 3.05) is 7.11 Å². The summed E-state index contributed by atoms with van der Waals surface area (Å²) in [5, 5.41) is 5.90. The van der Waals surface area contributed by atoms with Crippen molar-refractivity contribution in [3.05, 3.63) is 53.5 Å². The monoisotopic (exact) mass is 318 g/mol. The van der Waals surface area contributed by atoms with E-state index in [-0.39, 0.29) is 0 Å². The molecule has 0 spiro atoms. The summed E-state index contributed by atoms with van der Waals surface area (Å²) in [6.45, 7) is 0. The Morgan fingerprint density at radius 3 is 2.62 bits per heavy atom. The molecule has 0 N–H and O–H groups in total. The van der Waals surface area contributed by atoms with E-state index in [1.54, 1.807) is 29.2 Å². The van der Waals surface area contributed by atoms with Gasteiger partial charge >= 0.3 is 0 Å². The predicted octanol–water partition coefficient (Wildman–Crippen LogP) is 3.99. The molecule has 6 heteroatoms. The SMILES string of the molecule is COc1ccc(-n2nc(-c3cccs3)cc2C(=O)Cl)cc1. The van der Waals surface area contributed by atoms with Gasteiger partial charge in [0.05, 0.1) is 17.7 Å². The Labute approximate surface area is 130 Å². The number of hydrogen-bond donors (Lipinski definition) is 0. The van der Waals surface area contributed by atoms with Crippen molar-refractivity contribution in [3.63, 3.8) is 0 Å². The zero-order valence-electron chi connectivity index (χ0n) is 11.1. The number of carbonyl (C=O) groups is 1. The van der Waals surface area contributed by atoms with Crippen LogP contribution in [0.3, 0.4) is 0 Å². The van der Waals surface area contributed by atoms with Crippen LogP contribution in [0.4, 0.5) is 0 Å². The maximum Gasteiger partial charge on any atom is 0.270 e. The Hall–Kier alpha value is -2.11. The topological polar surface area (TPSA) is 44.1 Å². The molecule has 0 saturated carbocycles. The van der Waals surface area contributed by atoms with Crippen molar-refractivity contribution in [2.24, 2.45) is 0 Å². The molecule has 4 nitrogen and oxygen atoms in total. The fourth-order valence-corrected chi connectivity index (χ4v) is 2.80. The fraction of sp³-hybridized carbons (Fsp3) is 0.0667. The second-order valence-electron chi connectivity index (χ2n) is 4.28. The van der Waals surface area contributed by atoms with Crippen LogP contribution in [0.1, 0.15) is 10.5 Å². The average Bonchev–Trinajstić information content (AvgIpc) is 3.16. The lowest BCUT2D eigenvalue weighted by molar-refractivity contribution is 0.107. The first-order chi connectivity index (χ1) is 10.2. The van der Waals surface area contributed by atoms with Gasteiger partial charge in [-0.1, -0.05) is 6.07 Å². The molecule has 106 valence electrons. The first kappa shape index (κ1) is 13.9. The number of thiophene rings is 1. The number of rotatable bonds is 4. The van der Waals surface area contributed by atoms with Gasteiger partial charge < -0.3 is 4.74 Å². The van der Waals surface area contributed by atoms with E-state index in [0.29, 0.717) is 5.69 Å². The molecule has 0 radical (unpaired) electrons. The molecule has 0 amide bonds. The van der Waals surface area contributed by atoms with Crippen LogP contribution < -0.4 is 4.74 Å². The van der Waals surface area contributed by atoms with E-state index >= 15 is 0 Å². The summed E-state index contributed by atoms with van der Waals surface area (Å²) < 4.78 is 6.67. The second kappa shape index (κ2) is 5.71. The van der Waals surface area contributed by atoms with Crippen LogP contribution in [0.2, 0.25) is 0 Å². The van der Waals surface area contributed by atoms with Crippen molar-refractivity contribution < 1.29 is 9.53 Å². The molecule has 0 aliphatic rings. The standard InChI is InChI=1S/C15H11ClN2O2S/c1-20-11-6-4-10(5-7-11)18-13(15(16)19)9-12(17-18)14-3-2-8-21-14/h2-9H,1H3. The van der Waals surface area contributed by atoms with Gasteiger partial charge in [-0.05, 0) is 53.4 Å². The van der Waals surface area contributed by atoms with Crippen LogP contribution in [0, 0.1) is 0 Å². The minimum absolute atomic E-state index is 0.338. The molecular formula is C15H11ClN2O2S.